The normalized spacial score (nSPS) is 10.1. The number of carboxylic acids is 1. The van der Waals surface area contributed by atoms with Crippen molar-refractivity contribution in [2.45, 2.75) is 6.61 Å². The van der Waals surface area contributed by atoms with Gasteiger partial charge in [0.1, 0.15) is 12.4 Å². The number of hydrogen-bond donors (Lipinski definition) is 1. The number of non-ortho nitro benzene ring substituents is 1. The van der Waals surface area contributed by atoms with Gasteiger partial charge < -0.3 is 9.84 Å². The molecule has 0 unspecified atom stereocenters. The lowest BCUT2D eigenvalue weighted by atomic mass is 10.3. The summed E-state index contributed by atoms with van der Waals surface area (Å²) in [5, 5.41) is 20.8. The van der Waals surface area contributed by atoms with Crippen LogP contribution in [0.2, 0.25) is 0 Å². The Morgan fingerprint density at radius 3 is 2.63 bits per heavy atom. The van der Waals surface area contributed by atoms with E-state index in [4.69, 9.17) is 9.84 Å². The molecule has 0 amide bonds. The SMILES string of the molecule is O=C(O)c1nc(COc2ccc([N+](=O)[O-])cc2)cs1. The molecule has 0 aliphatic heterocycles. The number of aromatic carboxylic acids is 1. The van der Waals surface area contributed by atoms with Crippen molar-refractivity contribution in [3.8, 4) is 5.75 Å². The number of aromatic nitrogens is 1. The molecule has 2 rings (SSSR count). The summed E-state index contributed by atoms with van der Waals surface area (Å²) in [4.78, 5) is 24.5. The lowest BCUT2D eigenvalue weighted by Crippen LogP contribution is -1.99. The highest BCUT2D eigenvalue weighted by molar-refractivity contribution is 7.11. The van der Waals surface area contributed by atoms with Gasteiger partial charge in [-0.1, -0.05) is 0 Å². The molecular weight excluding hydrogens is 272 g/mol. The van der Waals surface area contributed by atoms with E-state index in [1.807, 2.05) is 0 Å². The second kappa shape index (κ2) is 5.44. The summed E-state index contributed by atoms with van der Waals surface area (Å²) in [7, 11) is 0. The zero-order valence-electron chi connectivity index (χ0n) is 9.48. The molecule has 0 fully saturated rings. The monoisotopic (exact) mass is 280 g/mol. The van der Waals surface area contributed by atoms with Crippen LogP contribution < -0.4 is 4.74 Å². The number of nitro groups is 1. The Kier molecular flexibility index (Phi) is 3.71. The van der Waals surface area contributed by atoms with Gasteiger partial charge in [-0.25, -0.2) is 9.78 Å². The van der Waals surface area contributed by atoms with Gasteiger partial charge >= 0.3 is 5.97 Å². The molecule has 0 bridgehead atoms. The fraction of sp³-hybridized carbons (Fsp3) is 0.0909. The molecule has 7 nitrogen and oxygen atoms in total. The summed E-state index contributed by atoms with van der Waals surface area (Å²) >= 11 is 1.02. The van der Waals surface area contributed by atoms with Gasteiger partial charge in [-0.2, -0.15) is 0 Å². The van der Waals surface area contributed by atoms with E-state index >= 15 is 0 Å². The molecule has 0 aliphatic rings. The molecule has 0 saturated carbocycles. The van der Waals surface area contributed by atoms with Crippen molar-refractivity contribution < 1.29 is 19.6 Å². The summed E-state index contributed by atoms with van der Waals surface area (Å²) in [5.41, 5.74) is 0.481. The number of carbonyl (C=O) groups is 1. The molecule has 0 spiro atoms. The van der Waals surface area contributed by atoms with Crippen LogP contribution in [0.25, 0.3) is 0 Å². The first-order valence-electron chi connectivity index (χ1n) is 5.11. The van der Waals surface area contributed by atoms with E-state index in [0.29, 0.717) is 11.4 Å². The number of benzene rings is 1. The molecule has 1 N–H and O–H groups in total. The zero-order chi connectivity index (χ0) is 13.8. The predicted octanol–water partition coefficient (Wildman–Crippen LogP) is 2.33. The van der Waals surface area contributed by atoms with E-state index in [2.05, 4.69) is 4.98 Å². The minimum Gasteiger partial charge on any atom is -0.487 e. The Hall–Kier alpha value is -2.48. The van der Waals surface area contributed by atoms with Crippen molar-refractivity contribution in [2.24, 2.45) is 0 Å². The van der Waals surface area contributed by atoms with E-state index in [0.717, 1.165) is 11.3 Å². The maximum Gasteiger partial charge on any atom is 0.365 e. The molecule has 8 heteroatoms. The van der Waals surface area contributed by atoms with Gasteiger partial charge in [0.25, 0.3) is 5.69 Å². The summed E-state index contributed by atoms with van der Waals surface area (Å²) < 4.78 is 5.35. The molecular formula is C11H8N2O5S. The van der Waals surface area contributed by atoms with Gasteiger partial charge in [0, 0.05) is 17.5 Å². The van der Waals surface area contributed by atoms with Crippen molar-refractivity contribution in [3.05, 3.63) is 50.5 Å². The molecule has 2 aromatic rings. The van der Waals surface area contributed by atoms with Gasteiger partial charge in [0.15, 0.2) is 0 Å². The number of hydrogen-bond acceptors (Lipinski definition) is 6. The number of carboxylic acid groups (broad SMARTS) is 1. The van der Waals surface area contributed by atoms with Crippen LogP contribution in [-0.4, -0.2) is 21.0 Å². The molecule has 98 valence electrons. The smallest absolute Gasteiger partial charge is 0.365 e. The third kappa shape index (κ3) is 3.26. The van der Waals surface area contributed by atoms with Crippen LogP contribution in [0.1, 0.15) is 15.5 Å². The van der Waals surface area contributed by atoms with Gasteiger partial charge in [0.05, 0.1) is 10.6 Å². The van der Waals surface area contributed by atoms with Crippen molar-refractivity contribution in [1.29, 1.82) is 0 Å². The topological polar surface area (TPSA) is 103 Å². The van der Waals surface area contributed by atoms with E-state index in [1.54, 1.807) is 5.38 Å². The molecule has 0 atom stereocenters. The number of nitro benzene ring substituents is 1. The summed E-state index contributed by atoms with van der Waals surface area (Å²) in [6.45, 7) is 0.113. The minimum absolute atomic E-state index is 0.00213. The van der Waals surface area contributed by atoms with Gasteiger partial charge in [-0.15, -0.1) is 11.3 Å². The summed E-state index contributed by atoms with van der Waals surface area (Å²) in [5.74, 6) is -0.623. The Morgan fingerprint density at radius 2 is 2.11 bits per heavy atom. The standard InChI is InChI=1S/C11H8N2O5S/c14-11(15)10-12-7(6-19-10)5-18-9-3-1-8(2-4-9)13(16)17/h1-4,6H,5H2,(H,14,15). The van der Waals surface area contributed by atoms with Crippen LogP contribution in [0.5, 0.6) is 5.75 Å². The largest absolute Gasteiger partial charge is 0.487 e. The average Bonchev–Trinajstić information content (AvgIpc) is 2.86. The van der Waals surface area contributed by atoms with Gasteiger partial charge in [0.2, 0.25) is 5.01 Å². The second-order valence-electron chi connectivity index (χ2n) is 3.49. The number of ether oxygens (including phenoxy) is 1. The van der Waals surface area contributed by atoms with E-state index in [-0.39, 0.29) is 17.3 Å². The molecule has 1 aromatic heterocycles. The molecule has 1 aromatic carbocycles. The van der Waals surface area contributed by atoms with Crippen LogP contribution in [0, 0.1) is 10.1 Å². The molecule has 19 heavy (non-hydrogen) atoms. The van der Waals surface area contributed by atoms with Crippen molar-refractivity contribution in [1.82, 2.24) is 4.98 Å². The Morgan fingerprint density at radius 1 is 1.42 bits per heavy atom. The molecule has 0 radical (unpaired) electrons. The van der Waals surface area contributed by atoms with Crippen molar-refractivity contribution in [2.75, 3.05) is 0 Å². The van der Waals surface area contributed by atoms with Gasteiger partial charge in [-0.3, -0.25) is 10.1 Å². The highest BCUT2D eigenvalue weighted by atomic mass is 32.1. The fourth-order valence-electron chi connectivity index (χ4n) is 1.29. The van der Waals surface area contributed by atoms with E-state index in [1.165, 1.54) is 24.3 Å². The molecule has 0 saturated heterocycles. The Balaban J connectivity index is 1.97. The second-order valence-corrected chi connectivity index (χ2v) is 4.35. The average molecular weight is 280 g/mol. The van der Waals surface area contributed by atoms with Gasteiger partial charge in [-0.05, 0) is 12.1 Å². The maximum absolute atomic E-state index is 10.6. The number of rotatable bonds is 5. The zero-order valence-corrected chi connectivity index (χ0v) is 10.3. The quantitative estimate of drug-likeness (QED) is 0.666. The Bertz CT molecular complexity index is 608. The first-order valence-corrected chi connectivity index (χ1v) is 5.99. The van der Waals surface area contributed by atoms with E-state index < -0.39 is 10.9 Å². The lowest BCUT2D eigenvalue weighted by molar-refractivity contribution is -0.384. The lowest BCUT2D eigenvalue weighted by Gasteiger charge is -2.03. The molecule has 0 aliphatic carbocycles. The third-order valence-corrected chi connectivity index (χ3v) is 3.05. The minimum atomic E-state index is -1.08. The van der Waals surface area contributed by atoms with Crippen LogP contribution >= 0.6 is 11.3 Å². The van der Waals surface area contributed by atoms with Crippen LogP contribution in [0.4, 0.5) is 5.69 Å². The molecule has 1 heterocycles. The van der Waals surface area contributed by atoms with Crippen molar-refractivity contribution >= 4 is 23.0 Å². The van der Waals surface area contributed by atoms with Crippen molar-refractivity contribution in [3.63, 3.8) is 0 Å². The highest BCUT2D eigenvalue weighted by Crippen LogP contribution is 2.19. The maximum atomic E-state index is 10.6. The summed E-state index contributed by atoms with van der Waals surface area (Å²) in [6, 6.07) is 5.61. The van der Waals surface area contributed by atoms with Crippen LogP contribution in [-0.2, 0) is 6.61 Å². The van der Waals surface area contributed by atoms with Crippen LogP contribution in [0.15, 0.2) is 29.6 Å². The number of nitrogens with zero attached hydrogens (tertiary/aromatic N) is 2. The first kappa shape index (κ1) is 13.0. The first-order chi connectivity index (χ1) is 9.06. The van der Waals surface area contributed by atoms with E-state index in [9.17, 15) is 14.9 Å². The summed E-state index contributed by atoms with van der Waals surface area (Å²) in [6.07, 6.45) is 0. The predicted molar refractivity (Wildman–Crippen MR) is 66.5 cm³/mol. The van der Waals surface area contributed by atoms with Crippen LogP contribution in [0.3, 0.4) is 0 Å². The fourth-order valence-corrected chi connectivity index (χ4v) is 1.93. The number of thiazole rings is 1. The third-order valence-electron chi connectivity index (χ3n) is 2.17. The highest BCUT2D eigenvalue weighted by Gasteiger charge is 2.09. The Labute approximate surface area is 111 Å².